The number of likely N-dealkylation sites (N-methyl/N-ethyl adjacent to an activating group) is 1. The summed E-state index contributed by atoms with van der Waals surface area (Å²) in [6, 6.07) is -0.349. The predicted octanol–water partition coefficient (Wildman–Crippen LogP) is 0.430. The molecule has 0 spiro atoms. The van der Waals surface area contributed by atoms with E-state index in [2.05, 4.69) is 11.9 Å². The molecule has 0 heterocycles. The summed E-state index contributed by atoms with van der Waals surface area (Å²) in [7, 11) is 0. The van der Waals surface area contributed by atoms with Gasteiger partial charge in [0.15, 0.2) is 0 Å². The molecule has 0 saturated carbocycles. The van der Waals surface area contributed by atoms with Crippen LogP contribution in [-0.2, 0) is 4.79 Å². The molecule has 98 valence electrons. The Hall–Kier alpha value is -1.56. The molecule has 0 aromatic carbocycles. The smallest absolute Gasteiger partial charge is 0.317 e. The maximum Gasteiger partial charge on any atom is 0.317 e. The Kier molecular flexibility index (Phi) is 6.27. The fraction of sp³-hybridized carbons (Fsp3) is 0.636. The molecule has 0 rings (SSSR count). The van der Waals surface area contributed by atoms with Gasteiger partial charge in [0.1, 0.15) is 0 Å². The van der Waals surface area contributed by atoms with Crippen molar-refractivity contribution in [1.82, 2.24) is 10.2 Å². The van der Waals surface area contributed by atoms with Gasteiger partial charge < -0.3 is 20.4 Å². The van der Waals surface area contributed by atoms with Gasteiger partial charge in [-0.3, -0.25) is 4.79 Å². The number of nitrogens with one attached hydrogen (secondary N) is 1. The van der Waals surface area contributed by atoms with E-state index in [-0.39, 0.29) is 12.6 Å². The summed E-state index contributed by atoms with van der Waals surface area (Å²) in [5, 5.41) is 20.7. The van der Waals surface area contributed by atoms with Crippen LogP contribution in [0.25, 0.3) is 0 Å². The lowest BCUT2D eigenvalue weighted by molar-refractivity contribution is -0.141. The van der Waals surface area contributed by atoms with Crippen LogP contribution >= 0.6 is 0 Å². The summed E-state index contributed by atoms with van der Waals surface area (Å²) in [6.07, 6.45) is 1.18. The topological polar surface area (TPSA) is 89.9 Å². The van der Waals surface area contributed by atoms with E-state index < -0.39 is 18.0 Å². The number of aliphatic carboxylic acids is 1. The van der Waals surface area contributed by atoms with Crippen molar-refractivity contribution in [2.45, 2.75) is 25.9 Å². The number of hydrogen-bond donors (Lipinski definition) is 3. The van der Waals surface area contributed by atoms with Crippen LogP contribution in [0.15, 0.2) is 12.7 Å². The zero-order valence-electron chi connectivity index (χ0n) is 10.3. The van der Waals surface area contributed by atoms with Crippen LogP contribution in [0.1, 0.15) is 20.3 Å². The number of aliphatic hydroxyl groups is 1. The van der Waals surface area contributed by atoms with E-state index in [1.807, 2.05) is 6.92 Å². The van der Waals surface area contributed by atoms with Crippen LogP contribution in [-0.4, -0.2) is 52.3 Å². The molecule has 17 heavy (non-hydrogen) atoms. The van der Waals surface area contributed by atoms with E-state index in [4.69, 9.17) is 5.11 Å². The molecule has 0 saturated heterocycles. The van der Waals surface area contributed by atoms with Crippen molar-refractivity contribution in [3.63, 3.8) is 0 Å². The van der Waals surface area contributed by atoms with Crippen LogP contribution in [0.5, 0.6) is 0 Å². The Morgan fingerprint density at radius 2 is 2.12 bits per heavy atom. The van der Waals surface area contributed by atoms with Crippen molar-refractivity contribution in [3.05, 3.63) is 12.7 Å². The summed E-state index contributed by atoms with van der Waals surface area (Å²) in [4.78, 5) is 23.6. The van der Waals surface area contributed by atoms with E-state index >= 15 is 0 Å². The van der Waals surface area contributed by atoms with Crippen molar-refractivity contribution in [2.75, 3.05) is 19.6 Å². The number of carbonyl (C=O) groups excluding carboxylic acids is 1. The lowest BCUT2D eigenvalue weighted by Crippen LogP contribution is -2.47. The summed E-state index contributed by atoms with van der Waals surface area (Å²) >= 11 is 0. The molecular formula is C11H20N2O4. The van der Waals surface area contributed by atoms with Crippen LogP contribution in [0, 0.1) is 0 Å². The third kappa shape index (κ3) is 6.57. The first-order chi connectivity index (χ1) is 7.82. The van der Waals surface area contributed by atoms with Gasteiger partial charge >= 0.3 is 12.0 Å². The average molecular weight is 244 g/mol. The van der Waals surface area contributed by atoms with Gasteiger partial charge in [0.25, 0.3) is 0 Å². The fourth-order valence-electron chi connectivity index (χ4n) is 1.28. The van der Waals surface area contributed by atoms with Crippen molar-refractivity contribution in [2.24, 2.45) is 0 Å². The quantitative estimate of drug-likeness (QED) is 0.566. The van der Waals surface area contributed by atoms with Gasteiger partial charge in [-0.15, -0.1) is 6.58 Å². The Balaban J connectivity index is 4.21. The monoisotopic (exact) mass is 244 g/mol. The minimum atomic E-state index is -1.45. The molecule has 2 amide bonds. The molecule has 0 aliphatic heterocycles. The van der Waals surface area contributed by atoms with Crippen molar-refractivity contribution < 1.29 is 19.8 Å². The van der Waals surface area contributed by atoms with E-state index in [0.29, 0.717) is 13.1 Å². The van der Waals surface area contributed by atoms with Crippen LogP contribution in [0.2, 0.25) is 0 Å². The highest BCUT2D eigenvalue weighted by atomic mass is 16.4. The number of rotatable bonds is 7. The second kappa shape index (κ2) is 6.90. The number of carbonyl (C=O) groups is 2. The molecule has 1 unspecified atom stereocenters. The third-order valence-electron chi connectivity index (χ3n) is 2.17. The molecule has 6 heteroatoms. The third-order valence-corrected chi connectivity index (χ3v) is 2.17. The van der Waals surface area contributed by atoms with Gasteiger partial charge in [-0.1, -0.05) is 6.08 Å². The summed E-state index contributed by atoms with van der Waals surface area (Å²) < 4.78 is 0. The highest BCUT2D eigenvalue weighted by molar-refractivity contribution is 5.74. The first kappa shape index (κ1) is 15.4. The summed E-state index contributed by atoms with van der Waals surface area (Å²) in [5.74, 6) is -1.11. The van der Waals surface area contributed by atoms with E-state index in [0.717, 1.165) is 0 Å². The molecule has 0 aliphatic rings. The largest absolute Gasteiger partial charge is 0.481 e. The highest BCUT2D eigenvalue weighted by Crippen LogP contribution is 2.07. The molecule has 0 aromatic heterocycles. The molecule has 0 radical (unpaired) electrons. The molecule has 1 atom stereocenters. The molecule has 0 bridgehead atoms. The Labute approximate surface area is 101 Å². The zero-order chi connectivity index (χ0) is 13.5. The van der Waals surface area contributed by atoms with Gasteiger partial charge in [0, 0.05) is 19.6 Å². The summed E-state index contributed by atoms with van der Waals surface area (Å²) in [6.45, 7) is 7.53. The molecule has 6 nitrogen and oxygen atoms in total. The van der Waals surface area contributed by atoms with E-state index in [1.54, 1.807) is 6.08 Å². The molecular weight excluding hydrogens is 224 g/mol. The molecule has 0 fully saturated rings. The average Bonchev–Trinajstić information content (AvgIpc) is 2.21. The number of carboxylic acid groups (broad SMARTS) is 1. The zero-order valence-corrected chi connectivity index (χ0v) is 10.3. The Morgan fingerprint density at radius 1 is 1.53 bits per heavy atom. The Morgan fingerprint density at radius 3 is 2.53 bits per heavy atom. The van der Waals surface area contributed by atoms with Gasteiger partial charge in [0.05, 0.1) is 12.0 Å². The normalized spacial score (nSPS) is 13.6. The van der Waals surface area contributed by atoms with Crippen LogP contribution < -0.4 is 5.32 Å². The SMILES string of the molecule is C=CCN(CC)C(=O)NCC(C)(O)CC(=O)O. The maximum atomic E-state index is 11.6. The van der Waals surface area contributed by atoms with Crippen LogP contribution in [0.4, 0.5) is 4.79 Å². The number of hydrogen-bond acceptors (Lipinski definition) is 3. The van der Waals surface area contributed by atoms with E-state index in [1.165, 1.54) is 11.8 Å². The van der Waals surface area contributed by atoms with Crippen molar-refractivity contribution in [3.8, 4) is 0 Å². The van der Waals surface area contributed by atoms with Gasteiger partial charge in [0.2, 0.25) is 0 Å². The van der Waals surface area contributed by atoms with Gasteiger partial charge in [-0.05, 0) is 13.8 Å². The minimum absolute atomic E-state index is 0.105. The fourth-order valence-corrected chi connectivity index (χ4v) is 1.28. The number of amides is 2. The lowest BCUT2D eigenvalue weighted by atomic mass is 10.0. The second-order valence-electron chi connectivity index (χ2n) is 4.05. The summed E-state index contributed by atoms with van der Waals surface area (Å²) in [5.41, 5.74) is -1.45. The number of nitrogens with zero attached hydrogens (tertiary/aromatic N) is 1. The minimum Gasteiger partial charge on any atom is -0.481 e. The lowest BCUT2D eigenvalue weighted by Gasteiger charge is -2.25. The highest BCUT2D eigenvalue weighted by Gasteiger charge is 2.25. The van der Waals surface area contributed by atoms with Crippen LogP contribution in [0.3, 0.4) is 0 Å². The van der Waals surface area contributed by atoms with Crippen molar-refractivity contribution in [1.29, 1.82) is 0 Å². The first-order valence-electron chi connectivity index (χ1n) is 5.40. The first-order valence-corrected chi connectivity index (χ1v) is 5.40. The number of carboxylic acids is 1. The molecule has 3 N–H and O–H groups in total. The van der Waals surface area contributed by atoms with Gasteiger partial charge in [-0.2, -0.15) is 0 Å². The maximum absolute atomic E-state index is 11.6. The molecule has 0 aliphatic carbocycles. The second-order valence-corrected chi connectivity index (χ2v) is 4.05. The molecule has 0 aromatic rings. The predicted molar refractivity (Wildman–Crippen MR) is 63.7 cm³/mol. The number of urea groups is 1. The van der Waals surface area contributed by atoms with E-state index in [9.17, 15) is 14.7 Å². The van der Waals surface area contributed by atoms with Crippen molar-refractivity contribution >= 4 is 12.0 Å². The Bertz CT molecular complexity index is 289. The standard InChI is InChI=1S/C11H20N2O4/c1-4-6-13(5-2)10(16)12-8-11(3,17)7-9(14)15/h4,17H,1,5-8H2,2-3H3,(H,12,16)(H,14,15). The van der Waals surface area contributed by atoms with Gasteiger partial charge in [-0.25, -0.2) is 4.79 Å².